The zero-order valence-corrected chi connectivity index (χ0v) is 20.9. The van der Waals surface area contributed by atoms with Gasteiger partial charge in [0.2, 0.25) is 5.89 Å². The fourth-order valence-electron chi connectivity index (χ4n) is 4.15. The first kappa shape index (κ1) is 25.7. The van der Waals surface area contributed by atoms with E-state index < -0.39 is 0 Å². The standard InChI is InChI=1S/C27H34N4O5/c1-33-23-9-8-22(25(16-23)34-2)18-31(17-21-6-4-3-5-7-21)19-26-29-24(20-36-26)27(32)28-10-11-30-12-14-35-15-13-30/h3-9,16,20H,10-15,17-19H2,1-2H3,(H,28,32). The number of hydrogen-bond acceptors (Lipinski definition) is 8. The van der Waals surface area contributed by atoms with Crippen molar-refractivity contribution in [2.24, 2.45) is 0 Å². The van der Waals surface area contributed by atoms with Gasteiger partial charge in [-0.25, -0.2) is 4.98 Å². The van der Waals surface area contributed by atoms with Gasteiger partial charge in [-0.05, 0) is 11.6 Å². The van der Waals surface area contributed by atoms with Gasteiger partial charge in [-0.1, -0.05) is 36.4 Å². The van der Waals surface area contributed by atoms with E-state index >= 15 is 0 Å². The third-order valence-corrected chi connectivity index (χ3v) is 6.10. The molecular weight excluding hydrogens is 460 g/mol. The summed E-state index contributed by atoms with van der Waals surface area (Å²) in [6, 6.07) is 16.0. The smallest absolute Gasteiger partial charge is 0.273 e. The summed E-state index contributed by atoms with van der Waals surface area (Å²) in [5.41, 5.74) is 2.47. The Bertz CT molecular complexity index is 1100. The average molecular weight is 495 g/mol. The van der Waals surface area contributed by atoms with Crippen molar-refractivity contribution in [2.75, 3.05) is 53.6 Å². The van der Waals surface area contributed by atoms with Gasteiger partial charge in [0.25, 0.3) is 5.91 Å². The average Bonchev–Trinajstić information content (AvgIpc) is 3.38. The van der Waals surface area contributed by atoms with E-state index in [0.29, 0.717) is 32.1 Å². The van der Waals surface area contributed by atoms with Gasteiger partial charge in [0.1, 0.15) is 17.8 Å². The van der Waals surface area contributed by atoms with Crippen LogP contribution in [0.25, 0.3) is 0 Å². The number of carbonyl (C=O) groups is 1. The lowest BCUT2D eigenvalue weighted by atomic mass is 10.1. The van der Waals surface area contributed by atoms with E-state index in [2.05, 4.69) is 32.2 Å². The normalized spacial score (nSPS) is 14.1. The van der Waals surface area contributed by atoms with Crippen molar-refractivity contribution in [2.45, 2.75) is 19.6 Å². The molecule has 0 spiro atoms. The van der Waals surface area contributed by atoms with Crippen molar-refractivity contribution in [1.29, 1.82) is 0 Å². The zero-order valence-electron chi connectivity index (χ0n) is 20.9. The maximum Gasteiger partial charge on any atom is 0.273 e. The molecule has 1 aromatic heterocycles. The summed E-state index contributed by atoms with van der Waals surface area (Å²) in [6.07, 6.45) is 1.42. The summed E-state index contributed by atoms with van der Waals surface area (Å²) in [6.45, 7) is 6.31. The summed E-state index contributed by atoms with van der Waals surface area (Å²) in [5, 5.41) is 2.93. The van der Waals surface area contributed by atoms with Crippen molar-refractivity contribution in [1.82, 2.24) is 20.1 Å². The molecule has 4 rings (SSSR count). The van der Waals surface area contributed by atoms with Crippen LogP contribution < -0.4 is 14.8 Å². The minimum Gasteiger partial charge on any atom is -0.497 e. The number of oxazole rings is 1. The number of nitrogens with zero attached hydrogens (tertiary/aromatic N) is 3. The Balaban J connectivity index is 1.40. The van der Waals surface area contributed by atoms with E-state index in [-0.39, 0.29) is 11.6 Å². The summed E-state index contributed by atoms with van der Waals surface area (Å²) >= 11 is 0. The third-order valence-electron chi connectivity index (χ3n) is 6.10. The van der Waals surface area contributed by atoms with Crippen LogP contribution in [0.1, 0.15) is 27.5 Å². The highest BCUT2D eigenvalue weighted by atomic mass is 16.5. The van der Waals surface area contributed by atoms with Gasteiger partial charge < -0.3 is 23.9 Å². The number of methoxy groups -OCH3 is 2. The van der Waals surface area contributed by atoms with E-state index in [0.717, 1.165) is 55.5 Å². The highest BCUT2D eigenvalue weighted by Gasteiger charge is 2.18. The van der Waals surface area contributed by atoms with E-state index in [1.165, 1.54) is 6.26 Å². The molecule has 9 nitrogen and oxygen atoms in total. The number of hydrogen-bond donors (Lipinski definition) is 1. The van der Waals surface area contributed by atoms with Crippen LogP contribution in [0.15, 0.2) is 59.2 Å². The number of nitrogens with one attached hydrogen (secondary N) is 1. The number of amides is 1. The highest BCUT2D eigenvalue weighted by molar-refractivity contribution is 5.91. The molecular formula is C27H34N4O5. The summed E-state index contributed by atoms with van der Waals surface area (Å²) in [7, 11) is 3.28. The second-order valence-corrected chi connectivity index (χ2v) is 8.64. The Kier molecular flexibility index (Phi) is 9.32. The minimum absolute atomic E-state index is 0.232. The molecule has 1 N–H and O–H groups in total. The molecule has 36 heavy (non-hydrogen) atoms. The quantitative estimate of drug-likeness (QED) is 0.411. The Morgan fingerprint density at radius 2 is 1.86 bits per heavy atom. The van der Waals surface area contributed by atoms with Crippen LogP contribution in [0.2, 0.25) is 0 Å². The van der Waals surface area contributed by atoms with E-state index in [1.807, 2.05) is 36.4 Å². The predicted molar refractivity (Wildman–Crippen MR) is 135 cm³/mol. The lowest BCUT2D eigenvalue weighted by molar-refractivity contribution is 0.0383. The molecule has 1 aliphatic heterocycles. The SMILES string of the molecule is COc1ccc(CN(Cc2ccccc2)Cc2nc(C(=O)NCCN3CCOCC3)co2)c(OC)c1. The van der Waals surface area contributed by atoms with Crippen molar-refractivity contribution >= 4 is 5.91 Å². The van der Waals surface area contributed by atoms with Crippen molar-refractivity contribution in [3.05, 3.63) is 77.5 Å². The maximum atomic E-state index is 12.6. The summed E-state index contributed by atoms with van der Waals surface area (Å²) in [4.78, 5) is 21.5. The largest absolute Gasteiger partial charge is 0.497 e. The fourth-order valence-corrected chi connectivity index (χ4v) is 4.15. The van der Waals surface area contributed by atoms with Crippen LogP contribution in [0, 0.1) is 0 Å². The van der Waals surface area contributed by atoms with E-state index in [1.54, 1.807) is 14.2 Å². The molecule has 192 valence electrons. The van der Waals surface area contributed by atoms with Gasteiger partial charge in [-0.3, -0.25) is 14.6 Å². The Hall–Kier alpha value is -3.40. The predicted octanol–water partition coefficient (Wildman–Crippen LogP) is 2.96. The number of morpholine rings is 1. The molecule has 1 saturated heterocycles. The summed E-state index contributed by atoms with van der Waals surface area (Å²) in [5.74, 6) is 1.74. The first-order valence-electron chi connectivity index (χ1n) is 12.1. The van der Waals surface area contributed by atoms with Crippen LogP contribution in [-0.4, -0.2) is 74.3 Å². The van der Waals surface area contributed by atoms with Crippen LogP contribution in [0.4, 0.5) is 0 Å². The van der Waals surface area contributed by atoms with Crippen molar-refractivity contribution in [3.8, 4) is 11.5 Å². The van der Waals surface area contributed by atoms with Gasteiger partial charge in [0.15, 0.2) is 5.69 Å². The molecule has 1 fully saturated rings. The van der Waals surface area contributed by atoms with Gasteiger partial charge >= 0.3 is 0 Å². The number of rotatable bonds is 12. The van der Waals surface area contributed by atoms with Crippen LogP contribution in [0.5, 0.6) is 11.5 Å². The molecule has 0 unspecified atom stereocenters. The van der Waals surface area contributed by atoms with Crippen molar-refractivity contribution in [3.63, 3.8) is 0 Å². The topological polar surface area (TPSA) is 89.3 Å². The molecule has 0 atom stereocenters. The van der Waals surface area contributed by atoms with Crippen LogP contribution >= 0.6 is 0 Å². The van der Waals surface area contributed by atoms with E-state index in [4.69, 9.17) is 18.6 Å². The second-order valence-electron chi connectivity index (χ2n) is 8.64. The van der Waals surface area contributed by atoms with Gasteiger partial charge in [0.05, 0.1) is 34.0 Å². The zero-order chi connectivity index (χ0) is 25.2. The molecule has 3 aromatic rings. The number of ether oxygens (including phenoxy) is 3. The van der Waals surface area contributed by atoms with Gasteiger partial charge in [0, 0.05) is 50.9 Å². The fraction of sp³-hybridized carbons (Fsp3) is 0.407. The molecule has 1 aliphatic rings. The molecule has 0 bridgehead atoms. The molecule has 9 heteroatoms. The molecule has 2 aromatic carbocycles. The molecule has 0 saturated carbocycles. The minimum atomic E-state index is -0.232. The van der Waals surface area contributed by atoms with E-state index in [9.17, 15) is 4.79 Å². The Morgan fingerprint density at radius 1 is 1.06 bits per heavy atom. The lowest BCUT2D eigenvalue weighted by Gasteiger charge is -2.26. The monoisotopic (exact) mass is 494 g/mol. The number of benzene rings is 2. The summed E-state index contributed by atoms with van der Waals surface area (Å²) < 4.78 is 22.0. The Morgan fingerprint density at radius 3 is 2.61 bits per heavy atom. The maximum absolute atomic E-state index is 12.6. The first-order chi connectivity index (χ1) is 17.6. The van der Waals surface area contributed by atoms with Gasteiger partial charge in [-0.2, -0.15) is 0 Å². The van der Waals surface area contributed by atoms with Crippen molar-refractivity contribution < 1.29 is 23.4 Å². The molecule has 0 radical (unpaired) electrons. The van der Waals surface area contributed by atoms with Crippen LogP contribution in [-0.2, 0) is 24.4 Å². The number of carbonyl (C=O) groups excluding carboxylic acids is 1. The molecule has 1 amide bonds. The van der Waals surface area contributed by atoms with Gasteiger partial charge in [-0.15, -0.1) is 0 Å². The number of aromatic nitrogens is 1. The third kappa shape index (κ3) is 7.30. The lowest BCUT2D eigenvalue weighted by Crippen LogP contribution is -2.41. The van der Waals surface area contributed by atoms with Crippen LogP contribution in [0.3, 0.4) is 0 Å². The second kappa shape index (κ2) is 13.1. The molecule has 2 heterocycles. The highest BCUT2D eigenvalue weighted by Crippen LogP contribution is 2.27. The molecule has 0 aliphatic carbocycles. The Labute approximate surface area is 212 Å². The first-order valence-corrected chi connectivity index (χ1v) is 12.1.